The van der Waals surface area contributed by atoms with E-state index < -0.39 is 11.1 Å². The number of rotatable bonds is 0. The van der Waals surface area contributed by atoms with Gasteiger partial charge in [0.25, 0.3) is 0 Å². The molecular formula is C10H13FO. The Hall–Kier alpha value is -0.920. The maximum Gasteiger partial charge on any atom is 0.178 e. The molecule has 0 bridgehead atoms. The lowest BCUT2D eigenvalue weighted by atomic mass is 9.76. The highest BCUT2D eigenvalue weighted by Crippen LogP contribution is 2.37. The van der Waals surface area contributed by atoms with E-state index in [0.29, 0.717) is 0 Å². The number of carbonyl (C=O) groups excluding carboxylic acids is 1. The summed E-state index contributed by atoms with van der Waals surface area (Å²) in [5.41, 5.74) is -1.98. The first-order valence-corrected chi connectivity index (χ1v) is 3.96. The second-order valence-electron chi connectivity index (χ2n) is 4.09. The third-order valence-electron chi connectivity index (χ3n) is 2.13. The zero-order valence-corrected chi connectivity index (χ0v) is 7.60. The van der Waals surface area contributed by atoms with Gasteiger partial charge in [0.2, 0.25) is 0 Å². The number of ketones is 1. The van der Waals surface area contributed by atoms with E-state index >= 15 is 0 Å². The number of halogens is 1. The van der Waals surface area contributed by atoms with Crippen molar-refractivity contribution in [3.05, 3.63) is 24.3 Å². The van der Waals surface area contributed by atoms with Crippen molar-refractivity contribution in [2.24, 2.45) is 5.41 Å². The van der Waals surface area contributed by atoms with Crippen LogP contribution < -0.4 is 0 Å². The van der Waals surface area contributed by atoms with Crippen molar-refractivity contribution in [3.63, 3.8) is 0 Å². The molecule has 0 aromatic rings. The smallest absolute Gasteiger partial charge is 0.178 e. The van der Waals surface area contributed by atoms with Gasteiger partial charge in [-0.25, -0.2) is 4.39 Å². The van der Waals surface area contributed by atoms with Crippen LogP contribution in [0.2, 0.25) is 0 Å². The molecule has 0 heterocycles. The first-order valence-electron chi connectivity index (χ1n) is 3.96. The number of hydrogen-bond donors (Lipinski definition) is 0. The normalized spacial score (nSPS) is 21.5. The molecule has 1 nitrogen and oxygen atoms in total. The second kappa shape index (κ2) is 2.54. The Bertz CT molecular complexity index is 240. The summed E-state index contributed by atoms with van der Waals surface area (Å²) in [6, 6.07) is 0. The summed E-state index contributed by atoms with van der Waals surface area (Å²) in [5, 5.41) is 0. The Labute approximate surface area is 72.0 Å². The monoisotopic (exact) mass is 168 g/mol. The Morgan fingerprint density at radius 3 is 2.00 bits per heavy atom. The topological polar surface area (TPSA) is 17.1 Å². The Morgan fingerprint density at radius 1 is 1.25 bits per heavy atom. The standard InChI is InChI=1S/C10H13FO/c1-9(2,3)10(11)6-4-8(12)5-7-10/h4-7H,1-3H3. The summed E-state index contributed by atoms with van der Waals surface area (Å²) < 4.78 is 13.9. The van der Waals surface area contributed by atoms with Crippen molar-refractivity contribution in [1.82, 2.24) is 0 Å². The van der Waals surface area contributed by atoms with Gasteiger partial charge in [-0.15, -0.1) is 0 Å². The van der Waals surface area contributed by atoms with Crippen molar-refractivity contribution in [2.75, 3.05) is 0 Å². The van der Waals surface area contributed by atoms with Crippen LogP contribution in [0.4, 0.5) is 4.39 Å². The van der Waals surface area contributed by atoms with Crippen molar-refractivity contribution in [1.29, 1.82) is 0 Å². The molecule has 66 valence electrons. The van der Waals surface area contributed by atoms with Gasteiger partial charge in [-0.1, -0.05) is 20.8 Å². The summed E-state index contributed by atoms with van der Waals surface area (Å²) in [6.07, 6.45) is 5.22. The third-order valence-corrected chi connectivity index (χ3v) is 2.13. The van der Waals surface area contributed by atoms with E-state index in [2.05, 4.69) is 0 Å². The first-order chi connectivity index (χ1) is 5.35. The van der Waals surface area contributed by atoms with E-state index in [4.69, 9.17) is 0 Å². The van der Waals surface area contributed by atoms with Crippen LogP contribution in [0.5, 0.6) is 0 Å². The largest absolute Gasteiger partial charge is 0.290 e. The van der Waals surface area contributed by atoms with Crippen LogP contribution in [0.1, 0.15) is 20.8 Å². The van der Waals surface area contributed by atoms with Crippen molar-refractivity contribution in [2.45, 2.75) is 26.4 Å². The molecule has 0 aromatic heterocycles. The minimum absolute atomic E-state index is 0.146. The molecule has 0 atom stereocenters. The lowest BCUT2D eigenvalue weighted by Gasteiger charge is -2.33. The maximum absolute atomic E-state index is 13.9. The Kier molecular flexibility index (Phi) is 1.94. The first kappa shape index (κ1) is 9.17. The molecule has 1 rings (SSSR count). The molecule has 0 saturated heterocycles. The lowest BCUT2D eigenvalue weighted by Crippen LogP contribution is -2.35. The van der Waals surface area contributed by atoms with Gasteiger partial charge in [-0.3, -0.25) is 4.79 Å². The molecule has 12 heavy (non-hydrogen) atoms. The predicted molar refractivity (Wildman–Crippen MR) is 46.6 cm³/mol. The molecule has 2 heteroatoms. The van der Waals surface area contributed by atoms with Crippen LogP contribution in [0.15, 0.2) is 24.3 Å². The molecule has 0 N–H and O–H groups in total. The van der Waals surface area contributed by atoms with Gasteiger partial charge in [-0.2, -0.15) is 0 Å². The van der Waals surface area contributed by atoms with E-state index in [0.717, 1.165) is 0 Å². The van der Waals surface area contributed by atoms with Gasteiger partial charge in [0.1, 0.15) is 0 Å². The number of hydrogen-bond acceptors (Lipinski definition) is 1. The molecule has 1 aliphatic rings. The van der Waals surface area contributed by atoms with Crippen LogP contribution in [-0.2, 0) is 4.79 Å². The molecule has 0 saturated carbocycles. The second-order valence-corrected chi connectivity index (χ2v) is 4.09. The summed E-state index contributed by atoms with van der Waals surface area (Å²) >= 11 is 0. The molecule has 1 aliphatic carbocycles. The molecule has 0 radical (unpaired) electrons. The summed E-state index contributed by atoms with van der Waals surface area (Å²) in [7, 11) is 0. The number of alkyl halides is 1. The molecular weight excluding hydrogens is 155 g/mol. The van der Waals surface area contributed by atoms with E-state index in [1.165, 1.54) is 24.3 Å². The molecule has 0 aliphatic heterocycles. The summed E-state index contributed by atoms with van der Waals surface area (Å²) in [6.45, 7) is 5.41. The van der Waals surface area contributed by atoms with Crippen LogP contribution in [-0.4, -0.2) is 11.5 Å². The quantitative estimate of drug-likeness (QED) is 0.543. The van der Waals surface area contributed by atoms with Gasteiger partial charge in [0, 0.05) is 5.41 Å². The zero-order chi connectivity index (χ0) is 9.41. The van der Waals surface area contributed by atoms with E-state index in [9.17, 15) is 9.18 Å². The molecule has 0 amide bonds. The zero-order valence-electron chi connectivity index (χ0n) is 7.60. The SMILES string of the molecule is CC(C)(C)C1(F)C=CC(=O)C=C1. The molecule has 0 spiro atoms. The van der Waals surface area contributed by atoms with E-state index in [-0.39, 0.29) is 5.78 Å². The minimum atomic E-state index is -1.49. The predicted octanol–water partition coefficient (Wildman–Crippen LogP) is 2.44. The molecule has 0 unspecified atom stereocenters. The van der Waals surface area contributed by atoms with Crippen LogP contribution >= 0.6 is 0 Å². The van der Waals surface area contributed by atoms with Crippen LogP contribution in [0.25, 0.3) is 0 Å². The molecule has 0 aromatic carbocycles. The fraction of sp³-hybridized carbons (Fsp3) is 0.500. The Morgan fingerprint density at radius 2 is 1.67 bits per heavy atom. The van der Waals surface area contributed by atoms with Crippen molar-refractivity contribution < 1.29 is 9.18 Å². The number of allylic oxidation sites excluding steroid dienone is 4. The van der Waals surface area contributed by atoms with Crippen LogP contribution in [0, 0.1) is 5.41 Å². The average Bonchev–Trinajstić information content (AvgIpc) is 1.93. The van der Waals surface area contributed by atoms with E-state index in [1.807, 2.05) is 0 Å². The van der Waals surface area contributed by atoms with Gasteiger partial charge < -0.3 is 0 Å². The van der Waals surface area contributed by atoms with E-state index in [1.54, 1.807) is 20.8 Å². The summed E-state index contributed by atoms with van der Waals surface area (Å²) in [4.78, 5) is 10.7. The van der Waals surface area contributed by atoms with Gasteiger partial charge >= 0.3 is 0 Å². The minimum Gasteiger partial charge on any atom is -0.290 e. The van der Waals surface area contributed by atoms with Crippen molar-refractivity contribution in [3.8, 4) is 0 Å². The van der Waals surface area contributed by atoms with Gasteiger partial charge in [0.15, 0.2) is 11.5 Å². The summed E-state index contributed by atoms with van der Waals surface area (Å²) in [5.74, 6) is -0.146. The lowest BCUT2D eigenvalue weighted by molar-refractivity contribution is -0.110. The average molecular weight is 168 g/mol. The maximum atomic E-state index is 13.9. The Balaban J connectivity index is 2.97. The van der Waals surface area contributed by atoms with Crippen molar-refractivity contribution >= 4 is 5.78 Å². The highest BCUT2D eigenvalue weighted by atomic mass is 19.1. The van der Waals surface area contributed by atoms with Gasteiger partial charge in [0.05, 0.1) is 0 Å². The molecule has 0 fully saturated rings. The highest BCUT2D eigenvalue weighted by Gasteiger charge is 2.38. The highest BCUT2D eigenvalue weighted by molar-refractivity contribution is 6.00. The van der Waals surface area contributed by atoms with Gasteiger partial charge in [-0.05, 0) is 24.3 Å². The number of carbonyl (C=O) groups is 1. The fourth-order valence-corrected chi connectivity index (χ4v) is 1.02. The fourth-order valence-electron chi connectivity index (χ4n) is 1.02. The third kappa shape index (κ3) is 1.47. The van der Waals surface area contributed by atoms with Crippen LogP contribution in [0.3, 0.4) is 0 Å².